The molecule has 51 heavy (non-hydrogen) atoms. The number of fused-ring (bicyclic) bond motifs is 10. The van der Waals surface area contributed by atoms with Crippen LogP contribution in [-0.2, 0) is 0 Å². The first-order chi connectivity index (χ1) is 25.2. The Hall–Kier alpha value is -7.59. The molecule has 0 bridgehead atoms. The molecular formula is C45H23N5O. The number of para-hydroxylation sites is 5. The fourth-order valence-electron chi connectivity index (χ4n) is 7.95. The van der Waals surface area contributed by atoms with Gasteiger partial charge in [0.25, 0.3) is 0 Å². The Morgan fingerprint density at radius 1 is 0.549 bits per heavy atom. The third kappa shape index (κ3) is 3.89. The number of furan rings is 1. The summed E-state index contributed by atoms with van der Waals surface area (Å²) >= 11 is 0. The number of hydrogen-bond acceptors (Lipinski definition) is 3. The van der Waals surface area contributed by atoms with Crippen molar-refractivity contribution in [2.45, 2.75) is 0 Å². The molecule has 0 saturated heterocycles. The topological polar surface area (TPSA) is 74.9 Å². The molecule has 0 atom stereocenters. The molecule has 0 N–H and O–H groups in total. The molecule has 3 heterocycles. The summed E-state index contributed by atoms with van der Waals surface area (Å²) in [6.07, 6.45) is 0. The van der Waals surface area contributed by atoms with Gasteiger partial charge in [0.1, 0.15) is 17.2 Å². The SMILES string of the molecule is [C-]#[N+]c1cccc(-c2cc(C#N)cc(-n3c4ccccc4c4ccc5oc6ccccc6c5c43)c2C#N)c1-n1c2ccccc2c2ccccc21. The van der Waals surface area contributed by atoms with E-state index in [1.165, 1.54) is 0 Å². The molecular weight excluding hydrogens is 627 g/mol. The van der Waals surface area contributed by atoms with Crippen molar-refractivity contribution >= 4 is 71.2 Å². The fourth-order valence-corrected chi connectivity index (χ4v) is 7.95. The van der Waals surface area contributed by atoms with E-state index in [4.69, 9.17) is 11.0 Å². The maximum absolute atomic E-state index is 11.2. The summed E-state index contributed by atoms with van der Waals surface area (Å²) < 4.78 is 10.6. The highest BCUT2D eigenvalue weighted by molar-refractivity contribution is 6.24. The van der Waals surface area contributed by atoms with Gasteiger partial charge in [-0.2, -0.15) is 10.5 Å². The minimum atomic E-state index is 0.394. The Labute approximate surface area is 291 Å². The van der Waals surface area contributed by atoms with Crippen LogP contribution in [0.25, 0.3) is 92.9 Å². The van der Waals surface area contributed by atoms with Crippen molar-refractivity contribution in [1.29, 1.82) is 10.5 Å². The van der Waals surface area contributed by atoms with Crippen LogP contribution in [0, 0.1) is 29.2 Å². The third-order valence-corrected chi connectivity index (χ3v) is 10.0. The van der Waals surface area contributed by atoms with E-state index in [2.05, 4.69) is 68.6 Å². The molecule has 0 aliphatic rings. The van der Waals surface area contributed by atoms with Crippen LogP contribution in [0.1, 0.15) is 11.1 Å². The predicted molar refractivity (Wildman–Crippen MR) is 204 cm³/mol. The molecule has 6 heteroatoms. The van der Waals surface area contributed by atoms with E-state index < -0.39 is 0 Å². The summed E-state index contributed by atoms with van der Waals surface area (Å²) in [6, 6.07) is 50.6. The van der Waals surface area contributed by atoms with Gasteiger partial charge in [0, 0.05) is 32.5 Å². The van der Waals surface area contributed by atoms with Crippen LogP contribution >= 0.6 is 0 Å². The number of hydrogen-bond donors (Lipinski definition) is 0. The van der Waals surface area contributed by atoms with Crippen molar-refractivity contribution in [1.82, 2.24) is 9.13 Å². The molecule has 3 aromatic heterocycles. The number of rotatable bonds is 3. The van der Waals surface area contributed by atoms with E-state index in [0.717, 1.165) is 65.6 Å². The van der Waals surface area contributed by atoms with Gasteiger partial charge in [-0.25, -0.2) is 4.85 Å². The van der Waals surface area contributed by atoms with E-state index in [9.17, 15) is 10.5 Å². The fraction of sp³-hybridized carbons (Fsp3) is 0. The summed E-state index contributed by atoms with van der Waals surface area (Å²) in [5.41, 5.74) is 8.94. The molecule has 0 aliphatic heterocycles. The molecule has 0 aliphatic carbocycles. The summed E-state index contributed by atoms with van der Waals surface area (Å²) in [5.74, 6) is 0. The van der Waals surface area contributed by atoms with Gasteiger partial charge in [-0.05, 0) is 54.1 Å². The summed E-state index contributed by atoms with van der Waals surface area (Å²) in [5, 5.41) is 27.8. The van der Waals surface area contributed by atoms with E-state index in [1.807, 2.05) is 84.9 Å². The van der Waals surface area contributed by atoms with Crippen molar-refractivity contribution in [2.24, 2.45) is 0 Å². The smallest absolute Gasteiger partial charge is 0.211 e. The Morgan fingerprint density at radius 2 is 1.18 bits per heavy atom. The second-order valence-electron chi connectivity index (χ2n) is 12.6. The Balaban J connectivity index is 1.37. The molecule has 0 unspecified atom stereocenters. The Morgan fingerprint density at radius 3 is 1.84 bits per heavy atom. The van der Waals surface area contributed by atoms with E-state index in [0.29, 0.717) is 39.3 Å². The molecule has 0 radical (unpaired) electrons. The van der Waals surface area contributed by atoms with Gasteiger partial charge in [-0.1, -0.05) is 91.0 Å². The quantitative estimate of drug-likeness (QED) is 0.179. The zero-order valence-corrected chi connectivity index (χ0v) is 26.9. The third-order valence-electron chi connectivity index (χ3n) is 10.0. The van der Waals surface area contributed by atoms with Gasteiger partial charge in [-0.15, -0.1) is 0 Å². The lowest BCUT2D eigenvalue weighted by Crippen LogP contribution is -2.03. The number of benzene rings is 7. The van der Waals surface area contributed by atoms with Crippen LogP contribution in [-0.4, -0.2) is 9.13 Å². The van der Waals surface area contributed by atoms with Gasteiger partial charge < -0.3 is 13.6 Å². The van der Waals surface area contributed by atoms with Gasteiger partial charge in [0.05, 0.1) is 62.6 Å². The molecule has 7 aromatic carbocycles. The average Bonchev–Trinajstić information content (AvgIpc) is 3.84. The van der Waals surface area contributed by atoms with Crippen molar-refractivity contribution in [3.8, 4) is 34.6 Å². The molecule has 0 amide bonds. The van der Waals surface area contributed by atoms with Crippen molar-refractivity contribution in [3.63, 3.8) is 0 Å². The van der Waals surface area contributed by atoms with Crippen molar-refractivity contribution < 1.29 is 4.42 Å². The first kappa shape index (κ1) is 28.4. The minimum absolute atomic E-state index is 0.394. The largest absolute Gasteiger partial charge is 0.456 e. The second-order valence-corrected chi connectivity index (χ2v) is 12.6. The molecule has 10 rings (SSSR count). The van der Waals surface area contributed by atoms with E-state index in [-0.39, 0.29) is 0 Å². The summed E-state index contributed by atoms with van der Waals surface area (Å²) in [6.45, 7) is 8.28. The summed E-state index contributed by atoms with van der Waals surface area (Å²) in [7, 11) is 0. The molecule has 234 valence electrons. The maximum Gasteiger partial charge on any atom is 0.211 e. The van der Waals surface area contributed by atoms with Crippen LogP contribution in [0.4, 0.5) is 5.69 Å². The van der Waals surface area contributed by atoms with Crippen LogP contribution in [0.3, 0.4) is 0 Å². The zero-order chi connectivity index (χ0) is 34.2. The average molecular weight is 650 g/mol. The normalized spacial score (nSPS) is 11.5. The first-order valence-corrected chi connectivity index (χ1v) is 16.5. The van der Waals surface area contributed by atoms with Gasteiger partial charge in [0.2, 0.25) is 5.69 Å². The van der Waals surface area contributed by atoms with Crippen LogP contribution < -0.4 is 0 Å². The standard InChI is InChI=1S/C45H23N5O/c1-48-36-16-10-15-31(44(36)49-37-17-6-2-11-28(37)29-12-3-7-18-38(29)49)34-23-27(25-46)24-40(35(34)26-47)50-39-19-8-4-13-30(39)32-21-22-42-43(45(32)50)33-14-5-9-20-41(33)51-42/h2-24H. The monoisotopic (exact) mass is 649 g/mol. The zero-order valence-electron chi connectivity index (χ0n) is 26.9. The lowest BCUT2D eigenvalue weighted by molar-refractivity contribution is 0.669. The molecule has 6 nitrogen and oxygen atoms in total. The lowest BCUT2D eigenvalue weighted by Gasteiger charge is -2.19. The summed E-state index contributed by atoms with van der Waals surface area (Å²) in [4.78, 5) is 4.00. The molecule has 0 saturated carbocycles. The Kier molecular flexibility index (Phi) is 5.97. The Bertz CT molecular complexity index is 3190. The number of aromatic nitrogens is 2. The van der Waals surface area contributed by atoms with Crippen LogP contribution in [0.15, 0.2) is 144 Å². The van der Waals surface area contributed by atoms with E-state index >= 15 is 0 Å². The molecule has 0 spiro atoms. The highest BCUT2D eigenvalue weighted by Gasteiger charge is 2.25. The predicted octanol–water partition coefficient (Wildman–Crippen LogP) is 11.7. The van der Waals surface area contributed by atoms with Crippen molar-refractivity contribution in [2.75, 3.05) is 0 Å². The highest BCUT2D eigenvalue weighted by Crippen LogP contribution is 2.45. The van der Waals surface area contributed by atoms with E-state index in [1.54, 1.807) is 12.1 Å². The minimum Gasteiger partial charge on any atom is -0.456 e. The van der Waals surface area contributed by atoms with Crippen molar-refractivity contribution in [3.05, 3.63) is 162 Å². The van der Waals surface area contributed by atoms with Gasteiger partial charge >= 0.3 is 0 Å². The number of nitrogens with zero attached hydrogens (tertiary/aromatic N) is 5. The van der Waals surface area contributed by atoms with Crippen LogP contribution in [0.2, 0.25) is 0 Å². The maximum atomic E-state index is 11.2. The first-order valence-electron chi connectivity index (χ1n) is 16.5. The van der Waals surface area contributed by atoms with Gasteiger partial charge in [0.15, 0.2) is 0 Å². The molecule has 10 aromatic rings. The van der Waals surface area contributed by atoms with Crippen LogP contribution in [0.5, 0.6) is 0 Å². The molecule has 0 fully saturated rings. The van der Waals surface area contributed by atoms with Gasteiger partial charge in [-0.3, -0.25) is 0 Å². The lowest BCUT2D eigenvalue weighted by atomic mass is 9.94. The highest BCUT2D eigenvalue weighted by atomic mass is 16.3. The number of nitriles is 2. The second kappa shape index (κ2) is 10.7.